The number of hydrogen-bond acceptors (Lipinski definition) is 5. The first-order valence-corrected chi connectivity index (χ1v) is 4.81. The minimum atomic E-state index is -0.927. The quantitative estimate of drug-likeness (QED) is 0.503. The molecule has 14 heavy (non-hydrogen) atoms. The molecule has 5 heteroatoms. The maximum Gasteiger partial charge on any atom is 0.180 e. The lowest BCUT2D eigenvalue weighted by atomic mass is 9.80. The van der Waals surface area contributed by atoms with Crippen LogP contribution in [0.5, 0.6) is 0 Å². The largest absolute Gasteiger partial charge is 0.476 e. The number of ether oxygens (including phenoxy) is 1. The Balaban J connectivity index is 2.14. The van der Waals surface area contributed by atoms with Crippen LogP contribution in [0.25, 0.3) is 0 Å². The summed E-state index contributed by atoms with van der Waals surface area (Å²) in [5, 5.41) is 28.4. The van der Waals surface area contributed by atoms with Gasteiger partial charge in [0, 0.05) is 19.4 Å². The van der Waals surface area contributed by atoms with E-state index in [1.54, 1.807) is 6.92 Å². The third-order valence-corrected chi connectivity index (χ3v) is 2.99. The van der Waals surface area contributed by atoms with Crippen LogP contribution < -0.4 is 0 Å². The van der Waals surface area contributed by atoms with Gasteiger partial charge in [0.05, 0.1) is 6.10 Å². The number of nitrogens with zero attached hydrogens (tertiary/aromatic N) is 1. The average molecular weight is 201 g/mol. The van der Waals surface area contributed by atoms with Crippen LogP contribution in [0.4, 0.5) is 0 Å². The number of aliphatic hydroxyl groups is 3. The Morgan fingerprint density at radius 2 is 2.14 bits per heavy atom. The Morgan fingerprint density at radius 1 is 1.43 bits per heavy atom. The van der Waals surface area contributed by atoms with Gasteiger partial charge in [-0.1, -0.05) is 0 Å². The molecule has 1 aliphatic carbocycles. The summed E-state index contributed by atoms with van der Waals surface area (Å²) in [5.74, 6) is 0.234. The monoisotopic (exact) mass is 201 g/mol. The highest BCUT2D eigenvalue weighted by Gasteiger charge is 2.46. The lowest BCUT2D eigenvalue weighted by Gasteiger charge is -2.36. The Bertz CT molecular complexity index is 255. The van der Waals surface area contributed by atoms with Crippen LogP contribution in [0.3, 0.4) is 0 Å². The van der Waals surface area contributed by atoms with Gasteiger partial charge in [-0.3, -0.25) is 0 Å². The molecule has 2 rings (SSSR count). The molecule has 3 N–H and O–H groups in total. The number of aliphatic imine (C=N–C) groups is 1. The summed E-state index contributed by atoms with van der Waals surface area (Å²) >= 11 is 0. The second-order valence-corrected chi connectivity index (χ2v) is 3.95. The van der Waals surface area contributed by atoms with E-state index in [1.165, 1.54) is 0 Å². The molecule has 0 aromatic carbocycles. The third-order valence-electron chi connectivity index (χ3n) is 2.99. The lowest BCUT2D eigenvalue weighted by molar-refractivity contribution is -0.0946. The van der Waals surface area contributed by atoms with E-state index < -0.39 is 12.2 Å². The maximum atomic E-state index is 9.72. The van der Waals surface area contributed by atoms with E-state index in [4.69, 9.17) is 9.84 Å². The van der Waals surface area contributed by atoms with Crippen LogP contribution >= 0.6 is 0 Å². The maximum absolute atomic E-state index is 9.72. The van der Waals surface area contributed by atoms with Crippen molar-refractivity contribution in [2.75, 3.05) is 6.61 Å². The molecular weight excluding hydrogens is 186 g/mol. The van der Waals surface area contributed by atoms with Gasteiger partial charge < -0.3 is 20.1 Å². The van der Waals surface area contributed by atoms with Crippen molar-refractivity contribution in [3.8, 4) is 0 Å². The van der Waals surface area contributed by atoms with Crippen LogP contribution in [0.2, 0.25) is 0 Å². The van der Waals surface area contributed by atoms with E-state index in [2.05, 4.69) is 4.99 Å². The summed E-state index contributed by atoms with van der Waals surface area (Å²) in [6, 6.07) is -0.368. The molecule has 0 aromatic rings. The normalized spacial score (nSPS) is 46.9. The molecule has 0 amide bonds. The first kappa shape index (κ1) is 9.89. The van der Waals surface area contributed by atoms with Crippen LogP contribution in [-0.2, 0) is 4.74 Å². The molecule has 0 saturated heterocycles. The molecule has 80 valence electrons. The SMILES string of the molecule is CC1=NC2C(CC(CO)C(O)C2O)O1. The third kappa shape index (κ3) is 1.41. The lowest BCUT2D eigenvalue weighted by Crippen LogP contribution is -2.52. The van der Waals surface area contributed by atoms with E-state index in [-0.39, 0.29) is 24.7 Å². The highest BCUT2D eigenvalue weighted by Crippen LogP contribution is 2.32. The molecule has 0 spiro atoms. The average Bonchev–Trinajstić information content (AvgIpc) is 2.52. The standard InChI is InChI=1S/C9H15NO4/c1-4-10-7-6(14-4)2-5(3-11)8(12)9(7)13/h5-9,11-13H,2-3H2,1H3. The summed E-state index contributed by atoms with van der Waals surface area (Å²) in [6.07, 6.45) is -1.48. The second kappa shape index (κ2) is 3.49. The predicted octanol–water partition coefficient (Wildman–Crippen LogP) is -1.09. The smallest absolute Gasteiger partial charge is 0.180 e. The fourth-order valence-corrected chi connectivity index (χ4v) is 2.20. The van der Waals surface area contributed by atoms with Crippen molar-refractivity contribution < 1.29 is 20.1 Å². The minimum Gasteiger partial charge on any atom is -0.476 e. The number of hydrogen-bond donors (Lipinski definition) is 3. The summed E-state index contributed by atoms with van der Waals surface area (Å²) in [6.45, 7) is 1.59. The first-order valence-electron chi connectivity index (χ1n) is 4.81. The first-order chi connectivity index (χ1) is 6.63. The molecule has 0 radical (unpaired) electrons. The molecule has 0 bridgehead atoms. The highest BCUT2D eigenvalue weighted by atomic mass is 16.5. The van der Waals surface area contributed by atoms with Crippen LogP contribution in [0, 0.1) is 5.92 Å². The minimum absolute atomic E-state index is 0.135. The summed E-state index contributed by atoms with van der Waals surface area (Å²) in [5.41, 5.74) is 0. The second-order valence-electron chi connectivity index (χ2n) is 3.95. The molecule has 5 unspecified atom stereocenters. The van der Waals surface area contributed by atoms with Gasteiger partial charge in [0.1, 0.15) is 18.2 Å². The van der Waals surface area contributed by atoms with Crippen molar-refractivity contribution in [2.24, 2.45) is 10.9 Å². The Hall–Kier alpha value is -0.650. The molecule has 2 aliphatic rings. The van der Waals surface area contributed by atoms with Gasteiger partial charge in [0.15, 0.2) is 5.90 Å². The molecular formula is C9H15NO4. The summed E-state index contributed by atoms with van der Waals surface area (Å²) < 4.78 is 5.38. The Labute approximate surface area is 82.0 Å². The highest BCUT2D eigenvalue weighted by molar-refractivity contribution is 5.75. The van der Waals surface area contributed by atoms with Crippen molar-refractivity contribution in [3.05, 3.63) is 0 Å². The summed E-state index contributed by atoms with van der Waals surface area (Å²) in [7, 11) is 0. The van der Waals surface area contributed by atoms with Gasteiger partial charge in [0.25, 0.3) is 0 Å². The topological polar surface area (TPSA) is 82.3 Å². The van der Waals surface area contributed by atoms with E-state index in [0.29, 0.717) is 12.3 Å². The van der Waals surface area contributed by atoms with Gasteiger partial charge >= 0.3 is 0 Å². The van der Waals surface area contributed by atoms with Crippen molar-refractivity contribution >= 4 is 5.90 Å². The number of rotatable bonds is 1. The van der Waals surface area contributed by atoms with E-state index in [1.807, 2.05) is 0 Å². The van der Waals surface area contributed by atoms with E-state index in [0.717, 1.165) is 0 Å². The van der Waals surface area contributed by atoms with Crippen molar-refractivity contribution in [3.63, 3.8) is 0 Å². The van der Waals surface area contributed by atoms with E-state index in [9.17, 15) is 10.2 Å². The molecule has 5 nitrogen and oxygen atoms in total. The van der Waals surface area contributed by atoms with Gasteiger partial charge in [-0.05, 0) is 6.42 Å². The molecule has 0 aromatic heterocycles. The van der Waals surface area contributed by atoms with Crippen LogP contribution in [0.1, 0.15) is 13.3 Å². The van der Waals surface area contributed by atoms with Gasteiger partial charge in [-0.2, -0.15) is 0 Å². The predicted molar refractivity (Wildman–Crippen MR) is 49.0 cm³/mol. The van der Waals surface area contributed by atoms with Gasteiger partial charge in [-0.25, -0.2) is 4.99 Å². The Kier molecular flexibility index (Phi) is 2.47. The molecule has 1 fully saturated rings. The Morgan fingerprint density at radius 3 is 2.79 bits per heavy atom. The molecule has 1 heterocycles. The molecule has 1 saturated carbocycles. The van der Waals surface area contributed by atoms with Gasteiger partial charge in [0.2, 0.25) is 0 Å². The zero-order chi connectivity index (χ0) is 10.3. The number of aliphatic hydroxyl groups excluding tert-OH is 3. The fourth-order valence-electron chi connectivity index (χ4n) is 2.20. The van der Waals surface area contributed by atoms with E-state index >= 15 is 0 Å². The van der Waals surface area contributed by atoms with Crippen molar-refractivity contribution in [2.45, 2.75) is 37.7 Å². The zero-order valence-corrected chi connectivity index (χ0v) is 8.00. The molecule has 1 aliphatic heterocycles. The summed E-state index contributed by atoms with van der Waals surface area (Å²) in [4.78, 5) is 4.11. The van der Waals surface area contributed by atoms with Crippen LogP contribution in [-0.4, -0.2) is 52.2 Å². The number of fused-ring (bicyclic) bond motifs is 1. The van der Waals surface area contributed by atoms with Gasteiger partial charge in [-0.15, -0.1) is 0 Å². The van der Waals surface area contributed by atoms with Crippen LogP contribution in [0.15, 0.2) is 4.99 Å². The fraction of sp³-hybridized carbons (Fsp3) is 0.889. The zero-order valence-electron chi connectivity index (χ0n) is 8.00. The van der Waals surface area contributed by atoms with Crippen molar-refractivity contribution in [1.29, 1.82) is 0 Å². The molecule has 5 atom stereocenters. The van der Waals surface area contributed by atoms with Crippen molar-refractivity contribution in [1.82, 2.24) is 0 Å².